The predicted molar refractivity (Wildman–Crippen MR) is 62.5 cm³/mol. The van der Waals surface area contributed by atoms with Gasteiger partial charge in [-0.25, -0.2) is 4.39 Å². The molecular formula is C13H16FNO. The summed E-state index contributed by atoms with van der Waals surface area (Å²) in [7, 11) is 0. The van der Waals surface area contributed by atoms with Crippen molar-refractivity contribution in [2.75, 3.05) is 19.6 Å². The van der Waals surface area contributed by atoms with E-state index in [9.17, 15) is 9.50 Å². The molecule has 0 aliphatic carbocycles. The summed E-state index contributed by atoms with van der Waals surface area (Å²) in [4.78, 5) is 2.20. The Bertz CT molecular complexity index is 361. The average Bonchev–Trinajstić information content (AvgIpc) is 2.67. The number of nitrogens with zero attached hydrogens (tertiary/aromatic N) is 1. The number of β-amino-alcohol motifs (C(OH)–C–C–N with tert-alkyl or cyclic N) is 1. The lowest BCUT2D eigenvalue weighted by Gasteiger charge is -2.10. The molecule has 0 amide bonds. The molecule has 86 valence electrons. The third-order valence-corrected chi connectivity index (χ3v) is 2.79. The lowest BCUT2D eigenvalue weighted by molar-refractivity contribution is 0.179. The zero-order valence-electron chi connectivity index (χ0n) is 9.14. The van der Waals surface area contributed by atoms with Gasteiger partial charge >= 0.3 is 0 Å². The lowest BCUT2D eigenvalue weighted by atomic mass is 10.2. The smallest absolute Gasteiger partial charge is 0.123 e. The van der Waals surface area contributed by atoms with E-state index in [0.717, 1.165) is 31.6 Å². The maximum absolute atomic E-state index is 12.6. The van der Waals surface area contributed by atoms with Crippen molar-refractivity contribution in [2.24, 2.45) is 0 Å². The van der Waals surface area contributed by atoms with Crippen LogP contribution in [-0.2, 0) is 0 Å². The summed E-state index contributed by atoms with van der Waals surface area (Å²) >= 11 is 0. The molecular weight excluding hydrogens is 205 g/mol. The molecule has 1 aromatic rings. The van der Waals surface area contributed by atoms with Gasteiger partial charge in [-0.15, -0.1) is 0 Å². The normalized spacial score (nSPS) is 22.0. The molecule has 1 aliphatic heterocycles. The monoisotopic (exact) mass is 221 g/mol. The summed E-state index contributed by atoms with van der Waals surface area (Å²) in [5, 5.41) is 9.34. The molecule has 0 unspecified atom stereocenters. The number of halogens is 1. The van der Waals surface area contributed by atoms with Crippen molar-refractivity contribution in [2.45, 2.75) is 12.5 Å². The highest BCUT2D eigenvalue weighted by atomic mass is 19.1. The minimum atomic E-state index is -0.209. The van der Waals surface area contributed by atoms with E-state index in [1.165, 1.54) is 12.1 Å². The van der Waals surface area contributed by atoms with Gasteiger partial charge in [0.15, 0.2) is 0 Å². The Morgan fingerprint density at radius 3 is 2.75 bits per heavy atom. The minimum Gasteiger partial charge on any atom is -0.392 e. The average molecular weight is 221 g/mol. The van der Waals surface area contributed by atoms with Gasteiger partial charge in [0.1, 0.15) is 5.82 Å². The van der Waals surface area contributed by atoms with Crippen LogP contribution in [0.15, 0.2) is 30.3 Å². The number of aliphatic hydroxyl groups is 1. The topological polar surface area (TPSA) is 23.5 Å². The second-order valence-electron chi connectivity index (χ2n) is 4.16. The van der Waals surface area contributed by atoms with Crippen LogP contribution in [0.2, 0.25) is 0 Å². The van der Waals surface area contributed by atoms with Gasteiger partial charge in [-0.1, -0.05) is 24.3 Å². The molecule has 3 heteroatoms. The molecule has 0 saturated carbocycles. The van der Waals surface area contributed by atoms with Crippen LogP contribution in [0.5, 0.6) is 0 Å². The molecule has 1 aliphatic rings. The van der Waals surface area contributed by atoms with Crippen molar-refractivity contribution in [1.29, 1.82) is 0 Å². The van der Waals surface area contributed by atoms with E-state index in [4.69, 9.17) is 0 Å². The molecule has 2 rings (SSSR count). The first-order chi connectivity index (χ1) is 7.74. The molecule has 1 saturated heterocycles. The highest BCUT2D eigenvalue weighted by Crippen LogP contribution is 2.09. The van der Waals surface area contributed by atoms with Gasteiger partial charge in [0, 0.05) is 19.6 Å². The third-order valence-electron chi connectivity index (χ3n) is 2.79. The van der Waals surface area contributed by atoms with Crippen LogP contribution in [0, 0.1) is 5.82 Å². The van der Waals surface area contributed by atoms with Crippen molar-refractivity contribution in [3.63, 3.8) is 0 Å². The molecule has 1 fully saturated rings. The second kappa shape index (κ2) is 5.23. The Balaban J connectivity index is 1.83. The zero-order chi connectivity index (χ0) is 11.4. The summed E-state index contributed by atoms with van der Waals surface area (Å²) in [5.74, 6) is -0.209. The molecule has 1 aromatic carbocycles. The van der Waals surface area contributed by atoms with E-state index in [1.54, 1.807) is 12.1 Å². The van der Waals surface area contributed by atoms with Gasteiger partial charge in [0.25, 0.3) is 0 Å². The summed E-state index contributed by atoms with van der Waals surface area (Å²) < 4.78 is 12.6. The van der Waals surface area contributed by atoms with Crippen LogP contribution in [0.25, 0.3) is 6.08 Å². The van der Waals surface area contributed by atoms with E-state index in [1.807, 2.05) is 12.2 Å². The van der Waals surface area contributed by atoms with Crippen molar-refractivity contribution in [3.8, 4) is 0 Å². The molecule has 1 N–H and O–H groups in total. The first kappa shape index (κ1) is 11.3. The van der Waals surface area contributed by atoms with E-state index in [2.05, 4.69) is 4.90 Å². The van der Waals surface area contributed by atoms with Gasteiger partial charge in [0.05, 0.1) is 6.10 Å². The molecule has 2 nitrogen and oxygen atoms in total. The third kappa shape index (κ3) is 3.15. The van der Waals surface area contributed by atoms with E-state index < -0.39 is 0 Å². The number of benzene rings is 1. The minimum absolute atomic E-state index is 0.167. The number of rotatable bonds is 3. The van der Waals surface area contributed by atoms with Crippen LogP contribution in [0.1, 0.15) is 12.0 Å². The molecule has 0 radical (unpaired) electrons. The van der Waals surface area contributed by atoms with Gasteiger partial charge in [-0.05, 0) is 24.1 Å². The number of aliphatic hydroxyl groups excluding tert-OH is 1. The van der Waals surface area contributed by atoms with Crippen LogP contribution in [0.4, 0.5) is 4.39 Å². The van der Waals surface area contributed by atoms with Crippen molar-refractivity contribution < 1.29 is 9.50 Å². The Morgan fingerprint density at radius 1 is 1.38 bits per heavy atom. The molecule has 16 heavy (non-hydrogen) atoms. The Labute approximate surface area is 95.0 Å². The fourth-order valence-corrected chi connectivity index (χ4v) is 1.89. The van der Waals surface area contributed by atoms with E-state index in [0.29, 0.717) is 0 Å². The summed E-state index contributed by atoms with van der Waals surface area (Å²) in [6.07, 6.45) is 4.72. The van der Waals surface area contributed by atoms with Crippen molar-refractivity contribution in [1.82, 2.24) is 4.90 Å². The van der Waals surface area contributed by atoms with Crippen LogP contribution >= 0.6 is 0 Å². The quantitative estimate of drug-likeness (QED) is 0.842. The maximum atomic E-state index is 12.6. The van der Waals surface area contributed by atoms with E-state index >= 15 is 0 Å². The number of hydrogen-bond donors (Lipinski definition) is 1. The molecule has 0 spiro atoms. The van der Waals surface area contributed by atoms with Crippen molar-refractivity contribution in [3.05, 3.63) is 41.7 Å². The first-order valence-corrected chi connectivity index (χ1v) is 5.56. The fourth-order valence-electron chi connectivity index (χ4n) is 1.89. The molecule has 0 bridgehead atoms. The Morgan fingerprint density at radius 2 is 2.12 bits per heavy atom. The maximum Gasteiger partial charge on any atom is 0.123 e. The van der Waals surface area contributed by atoms with Crippen molar-refractivity contribution >= 4 is 6.08 Å². The highest BCUT2D eigenvalue weighted by molar-refractivity contribution is 5.48. The number of likely N-dealkylation sites (tertiary alicyclic amines) is 1. The fraction of sp³-hybridized carbons (Fsp3) is 0.385. The summed E-state index contributed by atoms with van der Waals surface area (Å²) in [6, 6.07) is 6.42. The number of hydrogen-bond acceptors (Lipinski definition) is 2. The van der Waals surface area contributed by atoms with Crippen LogP contribution in [-0.4, -0.2) is 35.7 Å². The highest BCUT2D eigenvalue weighted by Gasteiger charge is 2.18. The SMILES string of the molecule is O[C@@H]1CCN(CC=Cc2ccc(F)cc2)C1. The molecule has 1 heterocycles. The second-order valence-corrected chi connectivity index (χ2v) is 4.16. The largest absolute Gasteiger partial charge is 0.392 e. The first-order valence-electron chi connectivity index (χ1n) is 5.56. The van der Waals surface area contributed by atoms with Gasteiger partial charge < -0.3 is 5.11 Å². The van der Waals surface area contributed by atoms with E-state index in [-0.39, 0.29) is 11.9 Å². The van der Waals surface area contributed by atoms with Gasteiger partial charge in [-0.3, -0.25) is 4.90 Å². The lowest BCUT2D eigenvalue weighted by Crippen LogP contribution is -2.21. The van der Waals surface area contributed by atoms with Gasteiger partial charge in [0.2, 0.25) is 0 Å². The standard InChI is InChI=1S/C13H16FNO/c14-12-5-3-11(4-6-12)2-1-8-15-9-7-13(16)10-15/h1-6,13,16H,7-10H2/t13-/m1/s1. The van der Waals surface area contributed by atoms with Crippen LogP contribution in [0.3, 0.4) is 0 Å². The summed E-state index contributed by atoms with van der Waals surface area (Å²) in [6.45, 7) is 2.55. The van der Waals surface area contributed by atoms with Gasteiger partial charge in [-0.2, -0.15) is 0 Å². The predicted octanol–water partition coefficient (Wildman–Crippen LogP) is 1.91. The zero-order valence-corrected chi connectivity index (χ0v) is 9.14. The summed E-state index contributed by atoms with van der Waals surface area (Å²) in [5.41, 5.74) is 1.00. The Kier molecular flexibility index (Phi) is 3.70. The molecule has 0 aromatic heterocycles. The van der Waals surface area contributed by atoms with Crippen LogP contribution < -0.4 is 0 Å². The molecule has 1 atom stereocenters. The Hall–Kier alpha value is -1.19.